The summed E-state index contributed by atoms with van der Waals surface area (Å²) in [6.07, 6.45) is 5.04. The molecule has 2 amide bonds. The average molecular weight is 256 g/mol. The molecule has 0 saturated heterocycles. The molecule has 0 aromatic carbocycles. The number of allylic oxidation sites excluding steroid dienone is 1. The third kappa shape index (κ3) is 7.70. The van der Waals surface area contributed by atoms with Gasteiger partial charge in [0.2, 0.25) is 0 Å². The smallest absolute Gasteiger partial charge is 0.317 e. The molecule has 0 aliphatic rings. The van der Waals surface area contributed by atoms with Crippen LogP contribution in [0.5, 0.6) is 0 Å². The molecule has 0 aromatic rings. The molecule has 0 rings (SSSR count). The molecular weight excluding hydrogens is 232 g/mol. The number of carboxylic acids is 1. The Morgan fingerprint density at radius 2 is 2.17 bits per heavy atom. The number of rotatable bonds is 9. The molecule has 0 aromatic heterocycles. The van der Waals surface area contributed by atoms with E-state index in [1.807, 2.05) is 13.0 Å². The Morgan fingerprint density at radius 1 is 1.50 bits per heavy atom. The summed E-state index contributed by atoms with van der Waals surface area (Å²) in [4.78, 5) is 24.0. The van der Waals surface area contributed by atoms with E-state index in [9.17, 15) is 9.59 Å². The largest absolute Gasteiger partial charge is 0.481 e. The number of amides is 2. The standard InChI is InChI=1S/C13H24N2O3/c1-4-6-7-9-15(3)13(18)14-11(8-5-2)10-12(16)17/h4,11H,1,5-10H2,2-3H3,(H,14,18)(H,16,17). The van der Waals surface area contributed by atoms with Crippen LogP contribution in [-0.4, -0.2) is 41.6 Å². The Hall–Kier alpha value is -1.52. The Balaban J connectivity index is 4.13. The summed E-state index contributed by atoms with van der Waals surface area (Å²) in [5, 5.41) is 11.5. The van der Waals surface area contributed by atoms with Gasteiger partial charge in [0.25, 0.3) is 0 Å². The first-order chi connectivity index (χ1) is 8.51. The van der Waals surface area contributed by atoms with Crippen molar-refractivity contribution in [2.24, 2.45) is 0 Å². The highest BCUT2D eigenvalue weighted by atomic mass is 16.4. The molecule has 5 nitrogen and oxygen atoms in total. The summed E-state index contributed by atoms with van der Waals surface area (Å²) in [6, 6.07) is -0.499. The molecular formula is C13H24N2O3. The van der Waals surface area contributed by atoms with Crippen molar-refractivity contribution in [3.05, 3.63) is 12.7 Å². The van der Waals surface area contributed by atoms with E-state index < -0.39 is 5.97 Å². The van der Waals surface area contributed by atoms with Crippen LogP contribution in [0.25, 0.3) is 0 Å². The van der Waals surface area contributed by atoms with Gasteiger partial charge in [-0.15, -0.1) is 6.58 Å². The lowest BCUT2D eigenvalue weighted by molar-refractivity contribution is -0.137. The van der Waals surface area contributed by atoms with Crippen LogP contribution in [0.2, 0.25) is 0 Å². The van der Waals surface area contributed by atoms with Crippen molar-refractivity contribution in [1.82, 2.24) is 10.2 Å². The molecule has 18 heavy (non-hydrogen) atoms. The van der Waals surface area contributed by atoms with E-state index in [0.29, 0.717) is 13.0 Å². The van der Waals surface area contributed by atoms with Crippen molar-refractivity contribution in [2.75, 3.05) is 13.6 Å². The summed E-state index contributed by atoms with van der Waals surface area (Å²) in [5.74, 6) is -0.886. The zero-order chi connectivity index (χ0) is 14.0. The lowest BCUT2D eigenvalue weighted by atomic mass is 10.1. The van der Waals surface area contributed by atoms with E-state index in [2.05, 4.69) is 11.9 Å². The number of aliphatic carboxylic acids is 1. The van der Waals surface area contributed by atoms with Gasteiger partial charge in [-0.3, -0.25) is 4.79 Å². The van der Waals surface area contributed by atoms with Gasteiger partial charge in [0.15, 0.2) is 0 Å². The van der Waals surface area contributed by atoms with E-state index in [0.717, 1.165) is 19.3 Å². The highest BCUT2D eigenvalue weighted by Gasteiger charge is 2.17. The average Bonchev–Trinajstić information content (AvgIpc) is 2.28. The number of carboxylic acid groups (broad SMARTS) is 1. The van der Waals surface area contributed by atoms with E-state index in [1.54, 1.807) is 11.9 Å². The predicted octanol–water partition coefficient (Wildman–Crippen LogP) is 2.24. The van der Waals surface area contributed by atoms with Gasteiger partial charge in [0.1, 0.15) is 0 Å². The van der Waals surface area contributed by atoms with E-state index in [1.165, 1.54) is 0 Å². The summed E-state index contributed by atoms with van der Waals surface area (Å²) in [5.41, 5.74) is 0. The Bertz CT molecular complexity index is 279. The fourth-order valence-corrected chi connectivity index (χ4v) is 1.64. The van der Waals surface area contributed by atoms with Gasteiger partial charge in [0, 0.05) is 19.6 Å². The zero-order valence-electron chi connectivity index (χ0n) is 11.3. The highest BCUT2D eigenvalue weighted by molar-refractivity contribution is 5.75. The minimum absolute atomic E-state index is 0.0277. The first-order valence-corrected chi connectivity index (χ1v) is 6.35. The molecule has 104 valence electrons. The number of carbonyl (C=O) groups excluding carboxylic acids is 1. The maximum absolute atomic E-state index is 11.8. The maximum atomic E-state index is 11.8. The molecule has 0 heterocycles. The molecule has 0 fully saturated rings. The van der Waals surface area contributed by atoms with Crippen LogP contribution in [0.3, 0.4) is 0 Å². The number of nitrogens with zero attached hydrogens (tertiary/aromatic N) is 1. The van der Waals surface area contributed by atoms with Crippen LogP contribution in [0.4, 0.5) is 4.79 Å². The second-order valence-corrected chi connectivity index (χ2v) is 4.39. The number of carbonyl (C=O) groups is 2. The van der Waals surface area contributed by atoms with Gasteiger partial charge in [-0.1, -0.05) is 19.4 Å². The number of urea groups is 1. The second kappa shape index (κ2) is 9.50. The SMILES string of the molecule is C=CCCCN(C)C(=O)NC(CCC)CC(=O)O. The minimum atomic E-state index is -0.886. The van der Waals surface area contributed by atoms with Crippen LogP contribution in [0.1, 0.15) is 39.0 Å². The molecule has 1 atom stereocenters. The summed E-state index contributed by atoms with van der Waals surface area (Å²) in [7, 11) is 1.71. The Labute approximate surface area is 109 Å². The molecule has 0 spiro atoms. The summed E-state index contributed by atoms with van der Waals surface area (Å²) < 4.78 is 0. The molecule has 0 bridgehead atoms. The normalized spacial score (nSPS) is 11.7. The summed E-state index contributed by atoms with van der Waals surface area (Å²) >= 11 is 0. The highest BCUT2D eigenvalue weighted by Crippen LogP contribution is 2.03. The van der Waals surface area contributed by atoms with Gasteiger partial charge >= 0.3 is 12.0 Å². The number of hydrogen-bond donors (Lipinski definition) is 2. The van der Waals surface area contributed by atoms with E-state index >= 15 is 0 Å². The van der Waals surface area contributed by atoms with Gasteiger partial charge in [-0.25, -0.2) is 4.79 Å². The minimum Gasteiger partial charge on any atom is -0.481 e. The van der Waals surface area contributed by atoms with Gasteiger partial charge in [-0.05, 0) is 19.3 Å². The van der Waals surface area contributed by atoms with Crippen LogP contribution < -0.4 is 5.32 Å². The van der Waals surface area contributed by atoms with Crippen LogP contribution in [0.15, 0.2) is 12.7 Å². The lowest BCUT2D eigenvalue weighted by Crippen LogP contribution is -2.44. The predicted molar refractivity (Wildman–Crippen MR) is 71.5 cm³/mol. The first-order valence-electron chi connectivity index (χ1n) is 6.35. The fourth-order valence-electron chi connectivity index (χ4n) is 1.64. The van der Waals surface area contributed by atoms with Crippen molar-refractivity contribution in [2.45, 2.75) is 45.1 Å². The fraction of sp³-hybridized carbons (Fsp3) is 0.692. The zero-order valence-corrected chi connectivity index (χ0v) is 11.3. The summed E-state index contributed by atoms with van der Waals surface area (Å²) in [6.45, 7) is 6.23. The molecule has 0 aliphatic heterocycles. The van der Waals surface area contributed by atoms with Crippen LogP contribution in [-0.2, 0) is 4.79 Å². The van der Waals surface area contributed by atoms with E-state index in [4.69, 9.17) is 5.11 Å². The van der Waals surface area contributed by atoms with Crippen LogP contribution in [0, 0.1) is 0 Å². The molecule has 2 N–H and O–H groups in total. The monoisotopic (exact) mass is 256 g/mol. The maximum Gasteiger partial charge on any atom is 0.317 e. The van der Waals surface area contributed by atoms with Crippen molar-refractivity contribution in [3.8, 4) is 0 Å². The third-order valence-corrected chi connectivity index (χ3v) is 2.63. The van der Waals surface area contributed by atoms with Gasteiger partial charge in [-0.2, -0.15) is 0 Å². The molecule has 5 heteroatoms. The number of unbranched alkanes of at least 4 members (excludes halogenated alkanes) is 1. The van der Waals surface area contributed by atoms with E-state index in [-0.39, 0.29) is 18.5 Å². The van der Waals surface area contributed by atoms with Crippen molar-refractivity contribution in [1.29, 1.82) is 0 Å². The van der Waals surface area contributed by atoms with Crippen molar-refractivity contribution < 1.29 is 14.7 Å². The number of nitrogens with one attached hydrogen (secondary N) is 1. The van der Waals surface area contributed by atoms with Gasteiger partial charge in [0.05, 0.1) is 6.42 Å². The van der Waals surface area contributed by atoms with Crippen molar-refractivity contribution in [3.63, 3.8) is 0 Å². The number of hydrogen-bond acceptors (Lipinski definition) is 2. The molecule has 0 aliphatic carbocycles. The Kier molecular flexibility index (Phi) is 8.70. The van der Waals surface area contributed by atoms with Gasteiger partial charge < -0.3 is 15.3 Å². The topological polar surface area (TPSA) is 69.6 Å². The molecule has 1 unspecified atom stereocenters. The molecule has 0 saturated carbocycles. The Morgan fingerprint density at radius 3 is 2.67 bits per heavy atom. The van der Waals surface area contributed by atoms with Crippen molar-refractivity contribution >= 4 is 12.0 Å². The second-order valence-electron chi connectivity index (χ2n) is 4.39. The first kappa shape index (κ1) is 16.5. The molecule has 0 radical (unpaired) electrons. The quantitative estimate of drug-likeness (QED) is 0.491. The lowest BCUT2D eigenvalue weighted by Gasteiger charge is -2.22. The van der Waals surface area contributed by atoms with Crippen LogP contribution >= 0.6 is 0 Å². The third-order valence-electron chi connectivity index (χ3n) is 2.63.